The van der Waals surface area contributed by atoms with E-state index in [2.05, 4.69) is 20.4 Å². The maximum atomic E-state index is 13.2. The largest absolute Gasteiger partial charge is 0.465 e. The number of anilines is 1. The normalized spacial score (nSPS) is 11.3. The van der Waals surface area contributed by atoms with E-state index in [1.807, 2.05) is 12.1 Å². The van der Waals surface area contributed by atoms with E-state index in [9.17, 15) is 14.0 Å². The zero-order valence-corrected chi connectivity index (χ0v) is 19.7. The van der Waals surface area contributed by atoms with Crippen molar-refractivity contribution in [3.05, 3.63) is 101 Å². The Morgan fingerprint density at radius 1 is 1.03 bits per heavy atom. The van der Waals surface area contributed by atoms with Gasteiger partial charge in [-0.1, -0.05) is 36.4 Å². The Morgan fingerprint density at radius 3 is 2.38 bits per heavy atom. The third-order valence-corrected chi connectivity index (χ3v) is 5.72. The summed E-state index contributed by atoms with van der Waals surface area (Å²) < 4.78 is 19.3. The van der Waals surface area contributed by atoms with Gasteiger partial charge in [0, 0.05) is 6.54 Å². The summed E-state index contributed by atoms with van der Waals surface area (Å²) >= 11 is 0. The third-order valence-electron chi connectivity index (χ3n) is 5.72. The quantitative estimate of drug-likeness (QED) is 0.271. The van der Waals surface area contributed by atoms with Gasteiger partial charge in [-0.2, -0.15) is 9.78 Å². The highest BCUT2D eigenvalue weighted by Crippen LogP contribution is 2.28. The van der Waals surface area contributed by atoms with Gasteiger partial charge in [-0.15, -0.1) is 0 Å². The van der Waals surface area contributed by atoms with Crippen LogP contribution in [0.3, 0.4) is 0 Å². The zero-order chi connectivity index (χ0) is 25.9. The molecule has 0 aliphatic rings. The Morgan fingerprint density at radius 2 is 1.70 bits per heavy atom. The van der Waals surface area contributed by atoms with Crippen molar-refractivity contribution in [2.45, 2.75) is 6.54 Å². The number of nitrogen functional groups attached to an aromatic ring is 1. The Kier molecular flexibility index (Phi) is 6.29. The number of amides is 1. The fraction of sp³-hybridized carbons (Fsp3) is 0.0741. The fourth-order valence-electron chi connectivity index (χ4n) is 3.81. The van der Waals surface area contributed by atoms with Crippen LogP contribution in [0.15, 0.2) is 77.9 Å². The second-order valence-corrected chi connectivity index (χ2v) is 8.12. The molecule has 2 aromatic heterocycles. The average molecular weight is 497 g/mol. The molecular formula is C27H21FN6O3. The van der Waals surface area contributed by atoms with E-state index in [0.717, 1.165) is 5.56 Å². The van der Waals surface area contributed by atoms with Crippen LogP contribution in [0.5, 0.6) is 0 Å². The predicted molar refractivity (Wildman–Crippen MR) is 138 cm³/mol. The first kappa shape index (κ1) is 23.6. The number of methoxy groups -OCH3 is 1. The average Bonchev–Trinajstić information content (AvgIpc) is 3.19. The molecule has 1 amide bonds. The van der Waals surface area contributed by atoms with Crippen molar-refractivity contribution in [3.63, 3.8) is 0 Å². The molecule has 0 fully saturated rings. The van der Waals surface area contributed by atoms with Gasteiger partial charge in [-0.05, 0) is 47.5 Å². The van der Waals surface area contributed by atoms with Crippen molar-refractivity contribution >= 4 is 46.1 Å². The number of carbonyl (C=O) groups is 2. The molecule has 0 aliphatic carbocycles. The number of halogens is 1. The lowest BCUT2D eigenvalue weighted by atomic mass is 10.1. The van der Waals surface area contributed by atoms with E-state index in [-0.39, 0.29) is 23.7 Å². The fourth-order valence-corrected chi connectivity index (χ4v) is 3.81. The number of aromatic nitrogens is 3. The van der Waals surface area contributed by atoms with Crippen molar-refractivity contribution in [1.29, 1.82) is 0 Å². The Balaban J connectivity index is 1.54. The van der Waals surface area contributed by atoms with Crippen LogP contribution in [0.25, 0.3) is 22.2 Å². The van der Waals surface area contributed by atoms with Crippen LogP contribution in [-0.2, 0) is 11.3 Å². The molecule has 5 rings (SSSR count). The van der Waals surface area contributed by atoms with E-state index in [1.54, 1.807) is 48.5 Å². The molecular weight excluding hydrogens is 475 g/mol. The number of carbonyl (C=O) groups excluding carboxylic acids is 2. The topological polar surface area (TPSA) is 124 Å². The highest BCUT2D eigenvalue weighted by molar-refractivity contribution is 6.10. The summed E-state index contributed by atoms with van der Waals surface area (Å²) in [5.41, 5.74) is 10.2. The second kappa shape index (κ2) is 9.86. The monoisotopic (exact) mass is 496 g/mol. The maximum Gasteiger partial charge on any atom is 0.337 e. The molecule has 3 aromatic carbocycles. The molecule has 2 heterocycles. The van der Waals surface area contributed by atoms with Crippen LogP contribution in [-0.4, -0.2) is 39.8 Å². The van der Waals surface area contributed by atoms with Gasteiger partial charge in [-0.25, -0.2) is 19.2 Å². The maximum absolute atomic E-state index is 13.2. The first-order valence-corrected chi connectivity index (χ1v) is 11.3. The molecule has 5 aromatic rings. The molecule has 0 spiro atoms. The van der Waals surface area contributed by atoms with Gasteiger partial charge in [0.1, 0.15) is 22.7 Å². The van der Waals surface area contributed by atoms with Gasteiger partial charge in [0.15, 0.2) is 5.65 Å². The number of ether oxygens (including phenoxy) is 1. The molecule has 0 saturated carbocycles. The van der Waals surface area contributed by atoms with E-state index in [1.165, 1.54) is 30.1 Å². The standard InChI is InChI=1S/C27H21FN6O3/c1-37-27(36)18-10-6-17(7-11-18)15-31-34-24(29)22(26(35)30-14-16-8-12-19(28)13-9-16)23-25(34)33-21-5-3-2-4-20(21)32-23/h2-13,15H,14,29H2,1H3,(H,30,35). The lowest BCUT2D eigenvalue weighted by Gasteiger charge is -2.06. The predicted octanol–water partition coefficient (Wildman–Crippen LogP) is 3.90. The van der Waals surface area contributed by atoms with E-state index < -0.39 is 11.9 Å². The summed E-state index contributed by atoms with van der Waals surface area (Å²) in [6.07, 6.45) is 1.54. The SMILES string of the molecule is COC(=O)c1ccc(C=Nn2c(N)c(C(=O)NCc3ccc(F)cc3)c3nc4ccccc4nc32)cc1. The minimum Gasteiger partial charge on any atom is -0.465 e. The molecule has 0 unspecified atom stereocenters. The van der Waals surface area contributed by atoms with Gasteiger partial charge < -0.3 is 15.8 Å². The van der Waals surface area contributed by atoms with Gasteiger partial charge in [0.2, 0.25) is 0 Å². The lowest BCUT2D eigenvalue weighted by Crippen LogP contribution is -2.23. The summed E-state index contributed by atoms with van der Waals surface area (Å²) in [5.74, 6) is -1.21. The molecule has 0 aliphatic heterocycles. The number of para-hydroxylation sites is 2. The smallest absolute Gasteiger partial charge is 0.337 e. The van der Waals surface area contributed by atoms with Crippen molar-refractivity contribution in [2.75, 3.05) is 12.8 Å². The number of esters is 1. The van der Waals surface area contributed by atoms with Crippen LogP contribution in [0.1, 0.15) is 31.8 Å². The van der Waals surface area contributed by atoms with E-state index in [4.69, 9.17) is 10.5 Å². The Bertz CT molecular complexity index is 1660. The van der Waals surface area contributed by atoms with E-state index >= 15 is 0 Å². The molecule has 0 saturated heterocycles. The number of nitrogens with two attached hydrogens (primary N) is 1. The van der Waals surface area contributed by atoms with Crippen LogP contribution in [0, 0.1) is 5.82 Å². The highest BCUT2D eigenvalue weighted by Gasteiger charge is 2.24. The summed E-state index contributed by atoms with van der Waals surface area (Å²) in [4.78, 5) is 34.2. The van der Waals surface area contributed by atoms with Crippen LogP contribution in [0.2, 0.25) is 0 Å². The number of rotatable bonds is 6. The summed E-state index contributed by atoms with van der Waals surface area (Å²) in [5, 5.41) is 7.27. The van der Waals surface area contributed by atoms with Gasteiger partial charge >= 0.3 is 5.97 Å². The van der Waals surface area contributed by atoms with E-state index in [0.29, 0.717) is 33.3 Å². The van der Waals surface area contributed by atoms with Gasteiger partial charge in [0.05, 0.1) is 29.9 Å². The molecule has 0 atom stereocenters. The molecule has 10 heteroatoms. The zero-order valence-electron chi connectivity index (χ0n) is 19.7. The number of nitrogens with zero attached hydrogens (tertiary/aromatic N) is 4. The highest BCUT2D eigenvalue weighted by atomic mass is 19.1. The molecule has 9 nitrogen and oxygen atoms in total. The van der Waals surface area contributed by atoms with Crippen molar-refractivity contribution in [2.24, 2.45) is 5.10 Å². The number of fused-ring (bicyclic) bond motifs is 2. The summed E-state index contributed by atoms with van der Waals surface area (Å²) in [7, 11) is 1.32. The first-order valence-electron chi connectivity index (χ1n) is 11.3. The minimum atomic E-state index is -0.465. The van der Waals surface area contributed by atoms with Gasteiger partial charge in [0.25, 0.3) is 5.91 Å². The summed E-state index contributed by atoms with van der Waals surface area (Å²) in [6.45, 7) is 0.169. The number of benzene rings is 3. The van der Waals surface area contributed by atoms with Gasteiger partial charge in [-0.3, -0.25) is 4.79 Å². The first-order chi connectivity index (χ1) is 17.9. The molecule has 0 bridgehead atoms. The number of nitrogens with one attached hydrogen (secondary N) is 1. The van der Waals surface area contributed by atoms with Crippen molar-refractivity contribution in [3.8, 4) is 0 Å². The minimum absolute atomic E-state index is 0.0596. The lowest BCUT2D eigenvalue weighted by molar-refractivity contribution is 0.0600. The Hall–Kier alpha value is -5.12. The van der Waals surface area contributed by atoms with Crippen molar-refractivity contribution < 1.29 is 18.7 Å². The van der Waals surface area contributed by atoms with Crippen LogP contribution in [0.4, 0.5) is 10.2 Å². The molecule has 0 radical (unpaired) electrons. The molecule has 3 N–H and O–H groups in total. The Labute approximate surface area is 210 Å². The van der Waals surface area contributed by atoms with Crippen molar-refractivity contribution in [1.82, 2.24) is 20.0 Å². The summed E-state index contributed by atoms with van der Waals surface area (Å²) in [6, 6.07) is 19.7. The number of hydrogen-bond donors (Lipinski definition) is 2. The molecule has 184 valence electrons. The second-order valence-electron chi connectivity index (χ2n) is 8.12. The van der Waals surface area contributed by atoms with Crippen LogP contribution >= 0.6 is 0 Å². The third kappa shape index (κ3) is 4.72. The molecule has 37 heavy (non-hydrogen) atoms. The number of hydrogen-bond acceptors (Lipinski definition) is 7. The van der Waals surface area contributed by atoms with Crippen LogP contribution < -0.4 is 11.1 Å².